The van der Waals surface area contributed by atoms with Gasteiger partial charge in [-0.2, -0.15) is 0 Å². The molecule has 4 nitrogen and oxygen atoms in total. The molecule has 1 aliphatic heterocycles. The molecule has 1 fully saturated rings. The van der Waals surface area contributed by atoms with E-state index in [1.165, 1.54) is 0 Å². The number of methoxy groups -OCH3 is 1. The van der Waals surface area contributed by atoms with Crippen molar-refractivity contribution in [2.24, 2.45) is 5.92 Å². The summed E-state index contributed by atoms with van der Waals surface area (Å²) < 4.78 is 5.20. The van der Waals surface area contributed by atoms with Crippen molar-refractivity contribution in [3.05, 3.63) is 29.8 Å². The minimum Gasteiger partial charge on any atom is -0.497 e. The number of hydrogen-bond acceptors (Lipinski definition) is 3. The first-order valence-corrected chi connectivity index (χ1v) is 6.71. The number of piperidine rings is 1. The number of likely N-dealkylation sites (tertiary alicyclic amines) is 1. The van der Waals surface area contributed by atoms with Gasteiger partial charge < -0.3 is 9.84 Å². The van der Waals surface area contributed by atoms with Crippen molar-refractivity contribution in [1.29, 1.82) is 0 Å². The van der Waals surface area contributed by atoms with Crippen molar-refractivity contribution >= 4 is 5.97 Å². The molecule has 19 heavy (non-hydrogen) atoms. The zero-order valence-corrected chi connectivity index (χ0v) is 11.5. The predicted octanol–water partition coefficient (Wildman–Crippen LogP) is 2.38. The number of carbonyl (C=O) groups is 1. The van der Waals surface area contributed by atoms with Crippen LogP contribution in [0.15, 0.2) is 24.3 Å². The molecule has 0 aromatic heterocycles. The first kappa shape index (κ1) is 13.9. The van der Waals surface area contributed by atoms with Crippen LogP contribution in [0.4, 0.5) is 0 Å². The Morgan fingerprint density at radius 2 is 2.32 bits per heavy atom. The van der Waals surface area contributed by atoms with Gasteiger partial charge in [0.1, 0.15) is 11.8 Å². The second-order valence-corrected chi connectivity index (χ2v) is 5.22. The molecule has 1 N–H and O–H groups in total. The maximum atomic E-state index is 11.4. The SMILES string of the molecule is COc1cccc(CN2CCCC(C)C2C(=O)O)c1. The number of benzene rings is 1. The third-order valence-corrected chi connectivity index (χ3v) is 3.81. The molecule has 2 unspecified atom stereocenters. The van der Waals surface area contributed by atoms with E-state index in [-0.39, 0.29) is 12.0 Å². The Labute approximate surface area is 114 Å². The van der Waals surface area contributed by atoms with Gasteiger partial charge in [-0.25, -0.2) is 0 Å². The molecule has 0 spiro atoms. The molecule has 0 radical (unpaired) electrons. The smallest absolute Gasteiger partial charge is 0.321 e. The lowest BCUT2D eigenvalue weighted by Crippen LogP contribution is -2.48. The van der Waals surface area contributed by atoms with Gasteiger partial charge in [0.2, 0.25) is 0 Å². The lowest BCUT2D eigenvalue weighted by Gasteiger charge is -2.37. The third-order valence-electron chi connectivity index (χ3n) is 3.81. The molecule has 0 amide bonds. The molecule has 1 saturated heterocycles. The van der Waals surface area contributed by atoms with Crippen LogP contribution in [0, 0.1) is 5.92 Å². The lowest BCUT2D eigenvalue weighted by atomic mass is 9.90. The first-order chi connectivity index (χ1) is 9.11. The van der Waals surface area contributed by atoms with E-state index in [0.29, 0.717) is 6.54 Å². The summed E-state index contributed by atoms with van der Waals surface area (Å²) in [6.07, 6.45) is 2.06. The van der Waals surface area contributed by atoms with Crippen molar-refractivity contribution in [2.45, 2.75) is 32.4 Å². The highest BCUT2D eigenvalue weighted by Crippen LogP contribution is 2.26. The maximum Gasteiger partial charge on any atom is 0.321 e. The van der Waals surface area contributed by atoms with Crippen LogP contribution < -0.4 is 4.74 Å². The average molecular weight is 263 g/mol. The van der Waals surface area contributed by atoms with Crippen LogP contribution in [0.25, 0.3) is 0 Å². The Hall–Kier alpha value is -1.55. The summed E-state index contributed by atoms with van der Waals surface area (Å²) in [5.41, 5.74) is 1.10. The van der Waals surface area contributed by atoms with Crippen molar-refractivity contribution in [1.82, 2.24) is 4.90 Å². The van der Waals surface area contributed by atoms with Crippen LogP contribution in [0.1, 0.15) is 25.3 Å². The van der Waals surface area contributed by atoms with Gasteiger partial charge in [0.15, 0.2) is 0 Å². The van der Waals surface area contributed by atoms with Crippen LogP contribution in [0.3, 0.4) is 0 Å². The molecular weight excluding hydrogens is 242 g/mol. The molecule has 0 bridgehead atoms. The number of rotatable bonds is 4. The minimum atomic E-state index is -0.713. The molecule has 0 saturated carbocycles. The summed E-state index contributed by atoms with van der Waals surface area (Å²) in [6.45, 7) is 3.54. The van der Waals surface area contributed by atoms with Gasteiger partial charge >= 0.3 is 5.97 Å². The second-order valence-electron chi connectivity index (χ2n) is 5.22. The van der Waals surface area contributed by atoms with E-state index in [0.717, 1.165) is 30.7 Å². The molecule has 1 aliphatic rings. The quantitative estimate of drug-likeness (QED) is 0.906. The van der Waals surface area contributed by atoms with Crippen LogP contribution in [-0.4, -0.2) is 35.7 Å². The van der Waals surface area contributed by atoms with Crippen molar-refractivity contribution in [2.75, 3.05) is 13.7 Å². The molecule has 0 aliphatic carbocycles. The number of carboxylic acid groups (broad SMARTS) is 1. The summed E-state index contributed by atoms with van der Waals surface area (Å²) in [5.74, 6) is 0.307. The topological polar surface area (TPSA) is 49.8 Å². The van der Waals surface area contributed by atoms with Crippen LogP contribution in [0.5, 0.6) is 5.75 Å². The van der Waals surface area contributed by atoms with Gasteiger partial charge in [-0.05, 0) is 43.0 Å². The highest BCUT2D eigenvalue weighted by atomic mass is 16.5. The zero-order valence-electron chi connectivity index (χ0n) is 11.5. The normalized spacial score (nSPS) is 24.1. The molecule has 2 atom stereocenters. The molecule has 104 valence electrons. The number of carboxylic acids is 1. The third kappa shape index (κ3) is 3.26. The number of aliphatic carboxylic acids is 1. The van der Waals surface area contributed by atoms with Crippen molar-refractivity contribution in [3.8, 4) is 5.75 Å². The average Bonchev–Trinajstić information content (AvgIpc) is 2.38. The summed E-state index contributed by atoms with van der Waals surface area (Å²) in [4.78, 5) is 13.5. The molecule has 1 aromatic carbocycles. The van der Waals surface area contributed by atoms with Gasteiger partial charge in [-0.1, -0.05) is 19.1 Å². The van der Waals surface area contributed by atoms with Gasteiger partial charge in [-0.15, -0.1) is 0 Å². The molecule has 4 heteroatoms. The highest BCUT2D eigenvalue weighted by molar-refractivity contribution is 5.74. The summed E-state index contributed by atoms with van der Waals surface area (Å²) >= 11 is 0. The lowest BCUT2D eigenvalue weighted by molar-refractivity contribution is -0.147. The van der Waals surface area contributed by atoms with Gasteiger partial charge in [0.05, 0.1) is 7.11 Å². The van der Waals surface area contributed by atoms with E-state index in [2.05, 4.69) is 4.90 Å². The zero-order chi connectivity index (χ0) is 13.8. The van der Waals surface area contributed by atoms with Crippen LogP contribution in [0.2, 0.25) is 0 Å². The van der Waals surface area contributed by atoms with Gasteiger partial charge in [0, 0.05) is 6.54 Å². The van der Waals surface area contributed by atoms with E-state index in [1.807, 2.05) is 31.2 Å². The van der Waals surface area contributed by atoms with Crippen molar-refractivity contribution < 1.29 is 14.6 Å². The number of nitrogens with zero attached hydrogens (tertiary/aromatic N) is 1. The second kappa shape index (κ2) is 6.06. The summed E-state index contributed by atoms with van der Waals surface area (Å²) in [5, 5.41) is 9.39. The Morgan fingerprint density at radius 1 is 1.53 bits per heavy atom. The Bertz CT molecular complexity index is 447. The van der Waals surface area contributed by atoms with Crippen molar-refractivity contribution in [3.63, 3.8) is 0 Å². The first-order valence-electron chi connectivity index (χ1n) is 6.71. The number of hydrogen-bond donors (Lipinski definition) is 1. The predicted molar refractivity (Wildman–Crippen MR) is 73.2 cm³/mol. The Kier molecular flexibility index (Phi) is 4.43. The molecule has 1 aromatic rings. The Morgan fingerprint density at radius 3 is 3.00 bits per heavy atom. The monoisotopic (exact) mass is 263 g/mol. The fourth-order valence-corrected chi connectivity index (χ4v) is 2.86. The van der Waals surface area contributed by atoms with E-state index in [1.54, 1.807) is 7.11 Å². The van der Waals surface area contributed by atoms with E-state index >= 15 is 0 Å². The molecule has 2 rings (SSSR count). The maximum absolute atomic E-state index is 11.4. The standard InChI is InChI=1S/C15H21NO3/c1-11-5-4-8-16(14(11)15(17)18)10-12-6-3-7-13(9-12)19-2/h3,6-7,9,11,14H,4-5,8,10H2,1-2H3,(H,17,18). The van der Waals surface area contributed by atoms with E-state index in [4.69, 9.17) is 4.74 Å². The largest absolute Gasteiger partial charge is 0.497 e. The van der Waals surface area contributed by atoms with E-state index < -0.39 is 5.97 Å². The number of ether oxygens (including phenoxy) is 1. The van der Waals surface area contributed by atoms with Gasteiger partial charge in [-0.3, -0.25) is 9.69 Å². The van der Waals surface area contributed by atoms with Gasteiger partial charge in [0.25, 0.3) is 0 Å². The highest BCUT2D eigenvalue weighted by Gasteiger charge is 2.33. The van der Waals surface area contributed by atoms with Crippen LogP contribution >= 0.6 is 0 Å². The van der Waals surface area contributed by atoms with E-state index in [9.17, 15) is 9.90 Å². The fourth-order valence-electron chi connectivity index (χ4n) is 2.86. The minimum absolute atomic E-state index is 0.205. The molecular formula is C15H21NO3. The summed E-state index contributed by atoms with van der Waals surface area (Å²) in [6, 6.07) is 7.45. The fraction of sp³-hybridized carbons (Fsp3) is 0.533. The molecule has 1 heterocycles. The Balaban J connectivity index is 2.13. The van der Waals surface area contributed by atoms with Crippen LogP contribution in [-0.2, 0) is 11.3 Å². The summed E-state index contributed by atoms with van der Waals surface area (Å²) in [7, 11) is 1.64.